The Morgan fingerprint density at radius 3 is 2.61 bits per heavy atom. The summed E-state index contributed by atoms with van der Waals surface area (Å²) in [5.41, 5.74) is -0.148. The number of ether oxygens (including phenoxy) is 1. The standard InChI is InChI=1S/C12H11FO4.Li.H/c1-2-17-12(16)11(15)7-10(14)8-5-3-4-6-9(8)13;;/h3-7,14H,2H2,1H3;;/q;+1;-1. The van der Waals surface area contributed by atoms with E-state index in [-0.39, 0.29) is 32.5 Å². The molecule has 1 N–H and O–H groups in total. The normalized spacial score (nSPS) is 10.4. The maximum absolute atomic E-state index is 13.2. The molecule has 0 saturated carbocycles. The van der Waals surface area contributed by atoms with Crippen molar-refractivity contribution in [1.29, 1.82) is 0 Å². The van der Waals surface area contributed by atoms with Gasteiger partial charge in [0.1, 0.15) is 11.6 Å². The second kappa shape index (κ2) is 7.70. The van der Waals surface area contributed by atoms with Crippen LogP contribution in [-0.4, -0.2) is 23.5 Å². The molecular weight excluding hydrogens is 234 g/mol. The van der Waals surface area contributed by atoms with Gasteiger partial charge in [-0.2, -0.15) is 0 Å². The number of aliphatic hydroxyl groups excluding tert-OH is 1. The predicted octanol–water partition coefficient (Wildman–Crippen LogP) is -1.03. The molecule has 0 bridgehead atoms. The van der Waals surface area contributed by atoms with Crippen molar-refractivity contribution in [3.8, 4) is 0 Å². The van der Waals surface area contributed by atoms with E-state index in [9.17, 15) is 19.1 Å². The van der Waals surface area contributed by atoms with E-state index in [0.717, 1.165) is 6.07 Å². The summed E-state index contributed by atoms with van der Waals surface area (Å²) >= 11 is 0. The number of hydrogen-bond acceptors (Lipinski definition) is 4. The molecule has 4 nitrogen and oxygen atoms in total. The maximum atomic E-state index is 13.2. The molecule has 6 heteroatoms. The van der Waals surface area contributed by atoms with Crippen molar-refractivity contribution in [3.05, 3.63) is 41.7 Å². The summed E-state index contributed by atoms with van der Waals surface area (Å²) in [5.74, 6) is -3.41. The fourth-order valence-electron chi connectivity index (χ4n) is 1.13. The zero-order chi connectivity index (χ0) is 12.8. The van der Waals surface area contributed by atoms with Crippen LogP contribution in [0.5, 0.6) is 0 Å². The number of rotatable bonds is 4. The number of ketones is 1. The van der Waals surface area contributed by atoms with Crippen LogP contribution in [0.15, 0.2) is 30.3 Å². The fourth-order valence-corrected chi connectivity index (χ4v) is 1.13. The summed E-state index contributed by atoms with van der Waals surface area (Å²) in [6.07, 6.45) is 0.635. The molecule has 0 radical (unpaired) electrons. The van der Waals surface area contributed by atoms with E-state index < -0.39 is 23.3 Å². The van der Waals surface area contributed by atoms with Crippen molar-refractivity contribution in [1.82, 2.24) is 0 Å². The minimum Gasteiger partial charge on any atom is -1.00 e. The zero-order valence-electron chi connectivity index (χ0n) is 11.1. The van der Waals surface area contributed by atoms with E-state index in [1.807, 2.05) is 0 Å². The average Bonchev–Trinajstić information content (AvgIpc) is 2.29. The molecule has 0 aromatic heterocycles. The van der Waals surface area contributed by atoms with Crippen molar-refractivity contribution in [2.45, 2.75) is 6.92 Å². The minimum absolute atomic E-state index is 0. The van der Waals surface area contributed by atoms with Gasteiger partial charge in [-0.1, -0.05) is 12.1 Å². The van der Waals surface area contributed by atoms with Gasteiger partial charge in [0.15, 0.2) is 0 Å². The van der Waals surface area contributed by atoms with Crippen molar-refractivity contribution >= 4 is 17.5 Å². The first-order valence-corrected chi connectivity index (χ1v) is 4.93. The Morgan fingerprint density at radius 2 is 2.06 bits per heavy atom. The molecule has 0 atom stereocenters. The van der Waals surface area contributed by atoms with Crippen molar-refractivity contribution in [3.63, 3.8) is 0 Å². The topological polar surface area (TPSA) is 63.6 Å². The molecular formula is C12H12FLiO4. The number of esters is 1. The van der Waals surface area contributed by atoms with Crippen LogP contribution in [0.3, 0.4) is 0 Å². The van der Waals surface area contributed by atoms with E-state index in [1.54, 1.807) is 6.92 Å². The maximum Gasteiger partial charge on any atom is 1.00 e. The second-order valence-electron chi connectivity index (χ2n) is 3.09. The van der Waals surface area contributed by atoms with Crippen LogP contribution in [0.2, 0.25) is 0 Å². The fraction of sp³-hybridized carbons (Fsp3) is 0.167. The number of benzene rings is 1. The van der Waals surface area contributed by atoms with Crippen molar-refractivity contribution < 1.29 is 44.1 Å². The van der Waals surface area contributed by atoms with Crippen LogP contribution >= 0.6 is 0 Å². The number of carbonyl (C=O) groups is 2. The average molecular weight is 246 g/mol. The molecule has 1 aromatic carbocycles. The van der Waals surface area contributed by atoms with Crippen LogP contribution < -0.4 is 18.9 Å². The van der Waals surface area contributed by atoms with E-state index in [1.165, 1.54) is 18.2 Å². The molecule has 0 aliphatic carbocycles. The molecule has 1 rings (SSSR count). The van der Waals surface area contributed by atoms with Gasteiger partial charge in [0, 0.05) is 6.08 Å². The second-order valence-corrected chi connectivity index (χ2v) is 3.09. The molecule has 0 aliphatic rings. The number of halogens is 1. The third kappa shape index (κ3) is 4.36. The summed E-state index contributed by atoms with van der Waals surface area (Å²) in [7, 11) is 0. The first-order valence-electron chi connectivity index (χ1n) is 4.93. The summed E-state index contributed by atoms with van der Waals surface area (Å²) in [4.78, 5) is 22.2. The Labute approximate surface area is 117 Å². The molecule has 0 unspecified atom stereocenters. The van der Waals surface area contributed by atoms with Gasteiger partial charge in [-0.15, -0.1) is 0 Å². The molecule has 0 heterocycles. The smallest absolute Gasteiger partial charge is 1.00 e. The minimum atomic E-state index is -1.09. The number of aliphatic hydroxyl groups is 1. The molecule has 18 heavy (non-hydrogen) atoms. The van der Waals surface area contributed by atoms with E-state index in [2.05, 4.69) is 4.74 Å². The van der Waals surface area contributed by atoms with Gasteiger partial charge >= 0.3 is 24.8 Å². The zero-order valence-corrected chi connectivity index (χ0v) is 10.1. The Morgan fingerprint density at radius 1 is 1.44 bits per heavy atom. The third-order valence-corrected chi connectivity index (χ3v) is 1.89. The van der Waals surface area contributed by atoms with Gasteiger partial charge in [0.05, 0.1) is 12.2 Å². The van der Waals surface area contributed by atoms with Crippen LogP contribution in [0.4, 0.5) is 4.39 Å². The molecule has 0 amide bonds. The van der Waals surface area contributed by atoms with Crippen molar-refractivity contribution in [2.24, 2.45) is 0 Å². The van der Waals surface area contributed by atoms with Gasteiger partial charge in [-0.05, 0) is 19.1 Å². The van der Waals surface area contributed by atoms with Gasteiger partial charge < -0.3 is 11.3 Å². The molecule has 0 saturated heterocycles. The summed E-state index contributed by atoms with van der Waals surface area (Å²) in [5, 5.41) is 9.48. The summed E-state index contributed by atoms with van der Waals surface area (Å²) < 4.78 is 17.6. The molecule has 1 aromatic rings. The molecule has 0 aliphatic heterocycles. The van der Waals surface area contributed by atoms with Gasteiger partial charge in [-0.3, -0.25) is 4.79 Å². The van der Waals surface area contributed by atoms with Crippen LogP contribution in [0.1, 0.15) is 13.9 Å². The summed E-state index contributed by atoms with van der Waals surface area (Å²) in [6, 6.07) is 5.37. The molecule has 0 fully saturated rings. The Bertz CT molecular complexity index is 477. The van der Waals surface area contributed by atoms with Gasteiger partial charge in [0.25, 0.3) is 5.78 Å². The van der Waals surface area contributed by atoms with Crippen molar-refractivity contribution in [2.75, 3.05) is 6.61 Å². The summed E-state index contributed by atoms with van der Waals surface area (Å²) in [6.45, 7) is 1.60. The number of carbonyl (C=O) groups excluding carboxylic acids is 2. The third-order valence-electron chi connectivity index (χ3n) is 1.89. The molecule has 92 valence electrons. The number of hydrogen-bond donors (Lipinski definition) is 1. The quantitative estimate of drug-likeness (QED) is 0.243. The SMILES string of the molecule is CCOC(=O)C(=O)C=C(O)c1ccccc1F.[H-].[Li+]. The van der Waals surface area contributed by atoms with Gasteiger partial charge in [-0.25, -0.2) is 9.18 Å². The first-order chi connectivity index (χ1) is 8.06. The van der Waals surface area contributed by atoms with Crippen LogP contribution in [-0.2, 0) is 14.3 Å². The van der Waals surface area contributed by atoms with E-state index in [4.69, 9.17) is 0 Å². The van der Waals surface area contributed by atoms with E-state index in [0.29, 0.717) is 6.08 Å². The first kappa shape index (κ1) is 16.4. The Hall–Kier alpha value is -1.57. The van der Waals surface area contributed by atoms with E-state index >= 15 is 0 Å². The molecule has 0 spiro atoms. The van der Waals surface area contributed by atoms with Gasteiger partial charge in [0.2, 0.25) is 0 Å². The predicted molar refractivity (Wildman–Crippen MR) is 59.8 cm³/mol. The Balaban J connectivity index is 0. The Kier molecular flexibility index (Phi) is 7.02. The van der Waals surface area contributed by atoms with Crippen LogP contribution in [0.25, 0.3) is 5.76 Å². The largest absolute Gasteiger partial charge is 1.00 e. The van der Waals surface area contributed by atoms with Crippen LogP contribution in [0, 0.1) is 5.82 Å². The monoisotopic (exact) mass is 246 g/mol.